The van der Waals surface area contributed by atoms with Crippen molar-refractivity contribution < 1.29 is 9.90 Å². The Hall–Kier alpha value is -1.29. The highest BCUT2D eigenvalue weighted by molar-refractivity contribution is 7.99. The van der Waals surface area contributed by atoms with Crippen molar-refractivity contribution in [1.29, 1.82) is 0 Å². The maximum Gasteiger partial charge on any atom is 0.331 e. The van der Waals surface area contributed by atoms with E-state index in [1.165, 1.54) is 11.8 Å². The highest BCUT2D eigenvalue weighted by atomic mass is 32.2. The lowest BCUT2D eigenvalue weighted by atomic mass is 10.4. The third-order valence-corrected chi connectivity index (χ3v) is 2.36. The van der Waals surface area contributed by atoms with Gasteiger partial charge in [0.1, 0.15) is 0 Å². The van der Waals surface area contributed by atoms with Crippen LogP contribution in [0.15, 0.2) is 41.6 Å². The average molecular weight is 195 g/mol. The second kappa shape index (κ2) is 4.67. The minimum atomic E-state index is -0.955. The van der Waals surface area contributed by atoms with Gasteiger partial charge < -0.3 is 5.11 Å². The number of nitrogens with zero attached hydrogens (tertiary/aromatic N) is 1. The van der Waals surface area contributed by atoms with Crippen LogP contribution in [-0.2, 0) is 4.79 Å². The van der Waals surface area contributed by atoms with E-state index in [9.17, 15) is 4.79 Å². The Labute approximate surface area is 80.5 Å². The molecule has 1 aromatic rings. The lowest BCUT2D eigenvalue weighted by Crippen LogP contribution is -2.01. The van der Waals surface area contributed by atoms with Gasteiger partial charge in [-0.05, 0) is 12.1 Å². The van der Waals surface area contributed by atoms with Gasteiger partial charge in [-0.15, -0.1) is 11.8 Å². The Morgan fingerprint density at radius 3 is 2.92 bits per heavy atom. The topological polar surface area (TPSA) is 50.2 Å². The smallest absolute Gasteiger partial charge is 0.331 e. The second-order valence-electron chi connectivity index (χ2n) is 2.37. The molecule has 0 aliphatic rings. The van der Waals surface area contributed by atoms with Gasteiger partial charge in [-0.1, -0.05) is 12.6 Å². The minimum absolute atomic E-state index is 0.190. The molecule has 0 saturated carbocycles. The molecule has 13 heavy (non-hydrogen) atoms. The maximum atomic E-state index is 10.4. The Kier molecular flexibility index (Phi) is 3.52. The molecular formula is C9H9NO2S. The van der Waals surface area contributed by atoms with E-state index in [4.69, 9.17) is 5.11 Å². The Balaban J connectivity index is 2.44. The number of thioether (sulfide) groups is 1. The molecule has 0 saturated heterocycles. The third kappa shape index (κ3) is 3.29. The lowest BCUT2D eigenvalue weighted by molar-refractivity contribution is -0.132. The zero-order chi connectivity index (χ0) is 9.68. The summed E-state index contributed by atoms with van der Waals surface area (Å²) in [6.07, 6.45) is 1.67. The molecule has 0 radical (unpaired) electrons. The van der Waals surface area contributed by atoms with Crippen LogP contribution in [0.1, 0.15) is 0 Å². The first-order valence-electron chi connectivity index (χ1n) is 3.65. The molecule has 0 atom stereocenters. The predicted molar refractivity (Wildman–Crippen MR) is 51.7 cm³/mol. The first-order valence-corrected chi connectivity index (χ1v) is 4.63. The van der Waals surface area contributed by atoms with E-state index in [1.54, 1.807) is 6.20 Å². The summed E-state index contributed by atoms with van der Waals surface area (Å²) < 4.78 is 0. The largest absolute Gasteiger partial charge is 0.478 e. The summed E-state index contributed by atoms with van der Waals surface area (Å²) in [4.78, 5) is 14.4. The SMILES string of the molecule is C=C(CSc1ccccn1)C(=O)O. The van der Waals surface area contributed by atoms with Crippen molar-refractivity contribution in [3.8, 4) is 0 Å². The standard InChI is InChI=1S/C9H9NO2S/c1-7(9(11)12)6-13-8-4-2-3-5-10-8/h2-5H,1,6H2,(H,11,12). The van der Waals surface area contributed by atoms with E-state index in [2.05, 4.69) is 11.6 Å². The molecular weight excluding hydrogens is 186 g/mol. The van der Waals surface area contributed by atoms with Crippen LogP contribution in [0.3, 0.4) is 0 Å². The van der Waals surface area contributed by atoms with Gasteiger partial charge in [-0.3, -0.25) is 0 Å². The number of hydrogen-bond acceptors (Lipinski definition) is 3. The second-order valence-corrected chi connectivity index (χ2v) is 3.36. The summed E-state index contributed by atoms with van der Waals surface area (Å²) in [6.45, 7) is 3.42. The van der Waals surface area contributed by atoms with Crippen LogP contribution >= 0.6 is 11.8 Å². The van der Waals surface area contributed by atoms with Crippen molar-refractivity contribution in [1.82, 2.24) is 4.98 Å². The van der Waals surface area contributed by atoms with E-state index in [-0.39, 0.29) is 5.57 Å². The molecule has 4 heteroatoms. The minimum Gasteiger partial charge on any atom is -0.478 e. The molecule has 3 nitrogen and oxygen atoms in total. The van der Waals surface area contributed by atoms with Gasteiger partial charge in [-0.25, -0.2) is 9.78 Å². The number of rotatable bonds is 4. The first kappa shape index (κ1) is 9.80. The third-order valence-electron chi connectivity index (χ3n) is 1.33. The molecule has 68 valence electrons. The zero-order valence-corrected chi connectivity index (χ0v) is 7.75. The first-order chi connectivity index (χ1) is 6.20. The molecule has 0 unspecified atom stereocenters. The summed E-state index contributed by atoms with van der Waals surface area (Å²) in [7, 11) is 0. The van der Waals surface area contributed by atoms with Crippen molar-refractivity contribution in [2.75, 3.05) is 5.75 Å². The predicted octanol–water partition coefficient (Wildman–Crippen LogP) is 1.81. The van der Waals surface area contributed by atoms with Crippen LogP contribution in [-0.4, -0.2) is 21.8 Å². The van der Waals surface area contributed by atoms with Crippen LogP contribution in [0.4, 0.5) is 0 Å². The molecule has 0 amide bonds. The molecule has 0 aliphatic heterocycles. The summed E-state index contributed by atoms with van der Waals surface area (Å²) >= 11 is 1.37. The van der Waals surface area contributed by atoms with Crippen molar-refractivity contribution in [2.45, 2.75) is 5.03 Å². The van der Waals surface area contributed by atoms with E-state index in [1.807, 2.05) is 18.2 Å². The highest BCUT2D eigenvalue weighted by Crippen LogP contribution is 2.16. The average Bonchev–Trinajstić information content (AvgIpc) is 2.15. The summed E-state index contributed by atoms with van der Waals surface area (Å²) in [5, 5.41) is 9.34. The zero-order valence-electron chi connectivity index (χ0n) is 6.93. The number of aromatic nitrogens is 1. The Bertz CT molecular complexity index is 311. The molecule has 1 aromatic heterocycles. The van der Waals surface area contributed by atoms with Gasteiger partial charge in [0.05, 0.1) is 5.03 Å². The van der Waals surface area contributed by atoms with Gasteiger partial charge in [0.15, 0.2) is 0 Å². The summed E-state index contributed by atoms with van der Waals surface area (Å²) in [5.74, 6) is -0.588. The molecule has 0 fully saturated rings. The molecule has 1 heterocycles. The number of aliphatic carboxylic acids is 1. The summed E-state index contributed by atoms with van der Waals surface area (Å²) in [5.41, 5.74) is 0.190. The fourth-order valence-corrected chi connectivity index (χ4v) is 1.41. The fraction of sp³-hybridized carbons (Fsp3) is 0.111. The molecule has 1 rings (SSSR count). The fourth-order valence-electron chi connectivity index (χ4n) is 0.655. The van der Waals surface area contributed by atoms with Crippen LogP contribution in [0.2, 0.25) is 0 Å². The van der Waals surface area contributed by atoms with Crippen LogP contribution in [0.5, 0.6) is 0 Å². The van der Waals surface area contributed by atoms with Crippen molar-refractivity contribution in [3.63, 3.8) is 0 Å². The van der Waals surface area contributed by atoms with Gasteiger partial charge in [0, 0.05) is 17.5 Å². The Morgan fingerprint density at radius 1 is 1.62 bits per heavy atom. The van der Waals surface area contributed by atoms with E-state index < -0.39 is 5.97 Å². The van der Waals surface area contributed by atoms with Gasteiger partial charge in [0.25, 0.3) is 0 Å². The van der Waals surface area contributed by atoms with E-state index in [0.717, 1.165) is 5.03 Å². The molecule has 0 bridgehead atoms. The highest BCUT2D eigenvalue weighted by Gasteiger charge is 2.04. The van der Waals surface area contributed by atoms with Crippen molar-refractivity contribution >= 4 is 17.7 Å². The molecule has 0 aliphatic carbocycles. The normalized spacial score (nSPS) is 9.54. The quantitative estimate of drug-likeness (QED) is 0.588. The van der Waals surface area contributed by atoms with Crippen LogP contribution < -0.4 is 0 Å². The molecule has 1 N–H and O–H groups in total. The number of carbonyl (C=O) groups is 1. The summed E-state index contributed by atoms with van der Waals surface area (Å²) in [6, 6.07) is 5.51. The van der Waals surface area contributed by atoms with Crippen LogP contribution in [0.25, 0.3) is 0 Å². The van der Waals surface area contributed by atoms with Crippen LogP contribution in [0, 0.1) is 0 Å². The number of carboxylic acids is 1. The van der Waals surface area contributed by atoms with E-state index >= 15 is 0 Å². The van der Waals surface area contributed by atoms with Gasteiger partial charge >= 0.3 is 5.97 Å². The number of carboxylic acid groups (broad SMARTS) is 1. The van der Waals surface area contributed by atoms with E-state index in [0.29, 0.717) is 5.75 Å². The Morgan fingerprint density at radius 2 is 2.38 bits per heavy atom. The van der Waals surface area contributed by atoms with Gasteiger partial charge in [0.2, 0.25) is 0 Å². The maximum absolute atomic E-state index is 10.4. The number of hydrogen-bond donors (Lipinski definition) is 1. The van der Waals surface area contributed by atoms with Crippen molar-refractivity contribution in [3.05, 3.63) is 36.5 Å². The lowest BCUT2D eigenvalue weighted by Gasteiger charge is -1.99. The molecule has 0 aromatic carbocycles. The monoisotopic (exact) mass is 195 g/mol. The number of pyridine rings is 1. The van der Waals surface area contributed by atoms with Gasteiger partial charge in [-0.2, -0.15) is 0 Å². The van der Waals surface area contributed by atoms with Crippen molar-refractivity contribution in [2.24, 2.45) is 0 Å². The molecule has 0 spiro atoms.